The molecule has 0 N–H and O–H groups in total. The van der Waals surface area contributed by atoms with Crippen molar-refractivity contribution in [2.45, 2.75) is 33.7 Å². The Kier molecular flexibility index (Phi) is 6.49. The van der Waals surface area contributed by atoms with E-state index in [2.05, 4.69) is 0 Å². The molecule has 3 rings (SSSR count). The number of fused-ring (bicyclic) bond motifs is 1. The first-order chi connectivity index (χ1) is 14.0. The molecule has 0 aliphatic heterocycles. The van der Waals surface area contributed by atoms with Gasteiger partial charge in [-0.1, -0.05) is 37.3 Å². The van der Waals surface area contributed by atoms with Crippen LogP contribution in [0.3, 0.4) is 0 Å². The average Bonchev–Trinajstić information content (AvgIpc) is 3.09. The third kappa shape index (κ3) is 4.10. The van der Waals surface area contributed by atoms with Crippen LogP contribution in [0, 0.1) is 0 Å². The lowest BCUT2D eigenvalue weighted by atomic mass is 10.1. The molecule has 2 aromatic heterocycles. The number of carbonyl (C=O) groups excluding carboxylic acids is 2. The number of carbonyl (C=O) groups is 2. The average molecular weight is 413 g/mol. The van der Waals surface area contributed by atoms with Crippen molar-refractivity contribution in [3.05, 3.63) is 62.9 Å². The number of benzene rings is 1. The second-order valence-corrected chi connectivity index (χ2v) is 7.37. The molecule has 0 atom stereocenters. The lowest BCUT2D eigenvalue weighted by Crippen LogP contribution is -2.27. The van der Waals surface area contributed by atoms with Crippen LogP contribution in [-0.2, 0) is 17.7 Å². The van der Waals surface area contributed by atoms with Gasteiger partial charge in [-0.25, -0.2) is 4.79 Å². The van der Waals surface area contributed by atoms with Crippen molar-refractivity contribution in [3.63, 3.8) is 0 Å². The Morgan fingerprint density at radius 3 is 2.41 bits per heavy atom. The Balaban J connectivity index is 2.16. The maximum atomic E-state index is 13.3. The zero-order valence-electron chi connectivity index (χ0n) is 16.7. The lowest BCUT2D eigenvalue weighted by molar-refractivity contribution is 0.0528. The van der Waals surface area contributed by atoms with Crippen molar-refractivity contribution in [1.29, 1.82) is 0 Å². The first-order valence-corrected chi connectivity index (χ1v) is 10.4. The summed E-state index contributed by atoms with van der Waals surface area (Å²) in [5, 5.41) is 0.318. The summed E-state index contributed by atoms with van der Waals surface area (Å²) in [7, 11) is 0. The third-order valence-corrected chi connectivity index (χ3v) is 5.60. The summed E-state index contributed by atoms with van der Waals surface area (Å²) >= 11 is 1.18. The fraction of sp³-hybridized carbons (Fsp3) is 0.318. The minimum atomic E-state index is -0.512. The number of hydrogen-bond acceptors (Lipinski definition) is 6. The fourth-order valence-electron chi connectivity index (χ4n) is 3.17. The second kappa shape index (κ2) is 9.05. The summed E-state index contributed by atoms with van der Waals surface area (Å²) in [4.78, 5) is 38.7. The van der Waals surface area contributed by atoms with Crippen molar-refractivity contribution < 1.29 is 19.1 Å². The van der Waals surface area contributed by atoms with Gasteiger partial charge in [0.05, 0.1) is 19.8 Å². The van der Waals surface area contributed by atoms with Crippen LogP contribution in [0.2, 0.25) is 0 Å². The smallest absolute Gasteiger partial charge is 0.352 e. The van der Waals surface area contributed by atoms with E-state index >= 15 is 0 Å². The molecule has 0 saturated heterocycles. The van der Waals surface area contributed by atoms with E-state index in [-0.39, 0.29) is 35.1 Å². The van der Waals surface area contributed by atoms with Crippen molar-refractivity contribution in [2.24, 2.45) is 0 Å². The van der Waals surface area contributed by atoms with Gasteiger partial charge in [0, 0.05) is 16.0 Å². The van der Waals surface area contributed by atoms with Crippen LogP contribution in [0.25, 0.3) is 10.1 Å². The maximum absolute atomic E-state index is 13.3. The topological polar surface area (TPSA) is 74.6 Å². The van der Waals surface area contributed by atoms with Gasteiger partial charge in [0.2, 0.25) is 0 Å². The van der Waals surface area contributed by atoms with E-state index in [1.54, 1.807) is 38.1 Å². The number of aromatic nitrogens is 1. The minimum Gasteiger partial charge on any atom is -0.491 e. The van der Waals surface area contributed by atoms with E-state index in [9.17, 15) is 14.4 Å². The number of aryl methyl sites for hydroxylation is 1. The van der Waals surface area contributed by atoms with E-state index < -0.39 is 5.97 Å². The summed E-state index contributed by atoms with van der Waals surface area (Å²) in [6.45, 7) is 5.90. The highest BCUT2D eigenvalue weighted by molar-refractivity contribution is 7.21. The van der Waals surface area contributed by atoms with Gasteiger partial charge in [0.1, 0.15) is 5.39 Å². The molecule has 0 radical (unpaired) electrons. The van der Waals surface area contributed by atoms with Gasteiger partial charge in [-0.15, -0.1) is 11.3 Å². The Labute approximate surface area is 172 Å². The molecule has 0 bridgehead atoms. The molecule has 0 aliphatic carbocycles. The predicted molar refractivity (Wildman–Crippen MR) is 113 cm³/mol. The molecule has 2 heterocycles. The van der Waals surface area contributed by atoms with Crippen LogP contribution in [0.1, 0.15) is 46.5 Å². The van der Waals surface area contributed by atoms with Crippen molar-refractivity contribution in [3.8, 4) is 5.75 Å². The molecule has 29 heavy (non-hydrogen) atoms. The molecule has 152 valence electrons. The van der Waals surface area contributed by atoms with Crippen LogP contribution in [-0.4, -0.2) is 29.5 Å². The van der Waals surface area contributed by atoms with E-state index in [0.29, 0.717) is 28.7 Å². The summed E-state index contributed by atoms with van der Waals surface area (Å²) < 4.78 is 12.9. The van der Waals surface area contributed by atoms with Gasteiger partial charge in [0.15, 0.2) is 16.4 Å². The van der Waals surface area contributed by atoms with Crippen LogP contribution >= 0.6 is 11.3 Å². The summed E-state index contributed by atoms with van der Waals surface area (Å²) in [5.74, 6) is -0.429. The van der Waals surface area contributed by atoms with E-state index in [0.717, 1.165) is 5.69 Å². The van der Waals surface area contributed by atoms with E-state index in [4.69, 9.17) is 9.47 Å². The SMILES string of the molecule is CCOC(=O)c1sc2cc(CC)n(CC(=O)c3ccccc3)c(=O)c2c1OCC. The predicted octanol–water partition coefficient (Wildman–Crippen LogP) is 4.08. The highest BCUT2D eigenvalue weighted by atomic mass is 32.1. The number of Topliss-reactive ketones (excluding diaryl/α,β-unsaturated/α-hetero) is 1. The molecule has 0 unspecified atom stereocenters. The fourth-order valence-corrected chi connectivity index (χ4v) is 4.26. The molecular formula is C22H23NO5S. The lowest BCUT2D eigenvalue weighted by Gasteiger charge is -2.12. The summed E-state index contributed by atoms with van der Waals surface area (Å²) in [5.41, 5.74) is 0.939. The zero-order valence-corrected chi connectivity index (χ0v) is 17.5. The Hall–Kier alpha value is -2.93. The highest BCUT2D eigenvalue weighted by Crippen LogP contribution is 2.37. The van der Waals surface area contributed by atoms with Crippen LogP contribution < -0.4 is 10.3 Å². The molecule has 6 nitrogen and oxygen atoms in total. The molecule has 1 aromatic carbocycles. The highest BCUT2D eigenvalue weighted by Gasteiger charge is 2.25. The van der Waals surface area contributed by atoms with Gasteiger partial charge in [-0.3, -0.25) is 9.59 Å². The Morgan fingerprint density at radius 1 is 1.07 bits per heavy atom. The van der Waals surface area contributed by atoms with E-state index in [1.807, 2.05) is 19.1 Å². The number of hydrogen-bond donors (Lipinski definition) is 0. The number of nitrogens with zero attached hydrogens (tertiary/aromatic N) is 1. The molecule has 0 aliphatic rings. The number of thiophene rings is 1. The normalized spacial score (nSPS) is 10.9. The molecule has 0 amide bonds. The second-order valence-electron chi connectivity index (χ2n) is 6.32. The molecule has 7 heteroatoms. The van der Waals surface area contributed by atoms with Crippen LogP contribution in [0.15, 0.2) is 41.2 Å². The number of pyridine rings is 1. The van der Waals surface area contributed by atoms with Gasteiger partial charge >= 0.3 is 5.97 Å². The monoisotopic (exact) mass is 413 g/mol. The molecule has 0 spiro atoms. The van der Waals surface area contributed by atoms with Crippen molar-refractivity contribution >= 4 is 33.2 Å². The van der Waals surface area contributed by atoms with E-state index in [1.165, 1.54) is 15.9 Å². The summed E-state index contributed by atoms with van der Waals surface area (Å²) in [6, 6.07) is 10.7. The van der Waals surface area contributed by atoms with Gasteiger partial charge in [-0.2, -0.15) is 0 Å². The Bertz CT molecular complexity index is 1100. The largest absolute Gasteiger partial charge is 0.491 e. The molecular weight excluding hydrogens is 390 g/mol. The molecule has 0 saturated carbocycles. The number of ketones is 1. The molecule has 3 aromatic rings. The van der Waals surface area contributed by atoms with Crippen molar-refractivity contribution in [1.82, 2.24) is 4.57 Å². The van der Waals surface area contributed by atoms with Crippen LogP contribution in [0.4, 0.5) is 0 Å². The number of ether oxygens (including phenoxy) is 2. The standard InChI is InChI=1S/C22H23NO5S/c1-4-15-12-17-18(19(27-5-2)20(29-17)22(26)28-6-3)21(25)23(15)13-16(24)14-10-8-7-9-11-14/h7-12H,4-6,13H2,1-3H3. The molecule has 0 fully saturated rings. The van der Waals surface area contributed by atoms with Gasteiger partial charge < -0.3 is 14.0 Å². The van der Waals surface area contributed by atoms with Crippen LogP contribution in [0.5, 0.6) is 5.75 Å². The quantitative estimate of drug-likeness (QED) is 0.411. The number of rotatable bonds is 8. The maximum Gasteiger partial charge on any atom is 0.352 e. The van der Waals surface area contributed by atoms with Crippen molar-refractivity contribution in [2.75, 3.05) is 13.2 Å². The zero-order chi connectivity index (χ0) is 21.0. The first-order valence-electron chi connectivity index (χ1n) is 9.59. The Morgan fingerprint density at radius 2 is 1.79 bits per heavy atom. The van der Waals surface area contributed by atoms with Gasteiger partial charge in [0.25, 0.3) is 5.56 Å². The summed E-state index contributed by atoms with van der Waals surface area (Å²) in [6.07, 6.45) is 0.573. The minimum absolute atomic E-state index is 0.0713. The third-order valence-electron chi connectivity index (χ3n) is 4.50. The number of esters is 1. The first kappa shape index (κ1) is 20.8. The van der Waals surface area contributed by atoms with Gasteiger partial charge in [-0.05, 0) is 26.3 Å².